The molecule has 0 rings (SSSR count). The van der Waals surface area contributed by atoms with Crippen LogP contribution in [-0.2, 0) is 14.3 Å². The number of unbranched alkanes of at least 4 members (excludes halogenated alkanes) is 8. The van der Waals surface area contributed by atoms with Crippen molar-refractivity contribution in [2.45, 2.75) is 90.9 Å². The molecule has 148 valence electrons. The molecule has 0 fully saturated rings. The fourth-order valence-corrected chi connectivity index (χ4v) is 3.40. The van der Waals surface area contributed by atoms with Crippen LogP contribution < -0.4 is 0 Å². The number of carbonyl (C=O) groups excluding carboxylic acids is 1. The standard InChI is InChI=1S/C20H38O4S/c1-18(2)12-10-8-6-4-3-5-7-9-11-15-24-20(23)14-17-25-16-13-19(21)22/h18H,3-17H2,1-2H3,(H,21,22). The van der Waals surface area contributed by atoms with Crippen molar-refractivity contribution in [3.05, 3.63) is 0 Å². The van der Waals surface area contributed by atoms with Crippen molar-refractivity contribution in [2.75, 3.05) is 18.1 Å². The van der Waals surface area contributed by atoms with E-state index >= 15 is 0 Å². The minimum Gasteiger partial charge on any atom is -0.481 e. The molecule has 0 aromatic carbocycles. The van der Waals surface area contributed by atoms with Crippen LogP contribution in [0.3, 0.4) is 0 Å². The summed E-state index contributed by atoms with van der Waals surface area (Å²) in [4.78, 5) is 21.8. The average molecular weight is 375 g/mol. The fourth-order valence-electron chi connectivity index (χ4n) is 2.57. The third-order valence-electron chi connectivity index (χ3n) is 4.10. The lowest BCUT2D eigenvalue weighted by molar-refractivity contribution is -0.143. The van der Waals surface area contributed by atoms with Crippen LogP contribution in [0.1, 0.15) is 90.9 Å². The summed E-state index contributed by atoms with van der Waals surface area (Å²) in [5.41, 5.74) is 0. The number of thioether (sulfide) groups is 1. The second kappa shape index (κ2) is 18.1. The number of carbonyl (C=O) groups is 2. The molecule has 0 radical (unpaired) electrons. The van der Waals surface area contributed by atoms with E-state index in [0.29, 0.717) is 24.5 Å². The number of hydrogen-bond donors (Lipinski definition) is 1. The largest absolute Gasteiger partial charge is 0.481 e. The molecule has 25 heavy (non-hydrogen) atoms. The van der Waals surface area contributed by atoms with Gasteiger partial charge in [0.2, 0.25) is 0 Å². The van der Waals surface area contributed by atoms with Crippen LogP contribution in [-0.4, -0.2) is 35.2 Å². The number of carboxylic acids is 1. The van der Waals surface area contributed by atoms with Gasteiger partial charge in [-0.25, -0.2) is 0 Å². The first-order valence-electron chi connectivity index (χ1n) is 9.97. The maximum atomic E-state index is 11.5. The third kappa shape index (κ3) is 21.2. The van der Waals surface area contributed by atoms with Crippen molar-refractivity contribution in [2.24, 2.45) is 5.92 Å². The molecule has 1 N–H and O–H groups in total. The van der Waals surface area contributed by atoms with Gasteiger partial charge in [0.25, 0.3) is 0 Å². The zero-order chi connectivity index (χ0) is 18.8. The number of carboxylic acid groups (broad SMARTS) is 1. The highest BCUT2D eigenvalue weighted by atomic mass is 32.2. The molecule has 4 nitrogen and oxygen atoms in total. The van der Waals surface area contributed by atoms with Gasteiger partial charge in [-0.05, 0) is 12.3 Å². The Hall–Kier alpha value is -0.710. The highest BCUT2D eigenvalue weighted by Crippen LogP contribution is 2.13. The van der Waals surface area contributed by atoms with Crippen LogP contribution in [0.15, 0.2) is 0 Å². The second-order valence-corrected chi connectivity index (χ2v) is 8.32. The normalized spacial score (nSPS) is 11.0. The number of rotatable bonds is 18. The number of esters is 1. The number of aliphatic carboxylic acids is 1. The van der Waals surface area contributed by atoms with E-state index in [2.05, 4.69) is 13.8 Å². The topological polar surface area (TPSA) is 63.6 Å². The van der Waals surface area contributed by atoms with Gasteiger partial charge in [-0.2, -0.15) is 11.8 Å². The molecule has 0 heterocycles. The van der Waals surface area contributed by atoms with E-state index in [0.717, 1.165) is 18.8 Å². The van der Waals surface area contributed by atoms with Crippen LogP contribution in [0, 0.1) is 5.92 Å². The smallest absolute Gasteiger partial charge is 0.306 e. The van der Waals surface area contributed by atoms with Crippen molar-refractivity contribution in [1.82, 2.24) is 0 Å². The van der Waals surface area contributed by atoms with E-state index in [1.165, 1.54) is 63.1 Å². The summed E-state index contributed by atoms with van der Waals surface area (Å²) in [6.07, 6.45) is 13.3. The predicted octanol–water partition coefficient (Wildman–Crippen LogP) is 5.68. The van der Waals surface area contributed by atoms with Gasteiger partial charge in [0.05, 0.1) is 19.4 Å². The first-order valence-corrected chi connectivity index (χ1v) is 11.1. The summed E-state index contributed by atoms with van der Waals surface area (Å²) in [5.74, 6) is 1.08. The van der Waals surface area contributed by atoms with Gasteiger partial charge >= 0.3 is 11.9 Å². The molecule has 0 saturated heterocycles. The van der Waals surface area contributed by atoms with Crippen molar-refractivity contribution < 1.29 is 19.4 Å². The molecule has 0 atom stereocenters. The van der Waals surface area contributed by atoms with E-state index in [4.69, 9.17) is 9.84 Å². The minimum atomic E-state index is -0.791. The van der Waals surface area contributed by atoms with Gasteiger partial charge in [-0.3, -0.25) is 9.59 Å². The Labute approximate surface area is 158 Å². The summed E-state index contributed by atoms with van der Waals surface area (Å²) in [6, 6.07) is 0. The number of ether oxygens (including phenoxy) is 1. The van der Waals surface area contributed by atoms with Gasteiger partial charge in [0.1, 0.15) is 0 Å². The van der Waals surface area contributed by atoms with E-state index in [9.17, 15) is 9.59 Å². The van der Waals surface area contributed by atoms with Crippen LogP contribution >= 0.6 is 11.8 Å². The molecule has 0 unspecified atom stereocenters. The molecule has 5 heteroatoms. The third-order valence-corrected chi connectivity index (χ3v) is 5.09. The molecule has 0 saturated carbocycles. The van der Waals surface area contributed by atoms with Crippen LogP contribution in [0.5, 0.6) is 0 Å². The predicted molar refractivity (Wildman–Crippen MR) is 106 cm³/mol. The van der Waals surface area contributed by atoms with Crippen LogP contribution in [0.25, 0.3) is 0 Å². The SMILES string of the molecule is CC(C)CCCCCCCCCCCOC(=O)CCSCCC(=O)O. The van der Waals surface area contributed by atoms with Crippen molar-refractivity contribution in [1.29, 1.82) is 0 Å². The highest BCUT2D eigenvalue weighted by Gasteiger charge is 2.03. The van der Waals surface area contributed by atoms with E-state index in [1.54, 1.807) is 0 Å². The molecule has 0 aromatic heterocycles. The first-order chi connectivity index (χ1) is 12.0. The van der Waals surface area contributed by atoms with Gasteiger partial charge < -0.3 is 9.84 Å². The molecular formula is C20H38O4S. The van der Waals surface area contributed by atoms with Crippen molar-refractivity contribution in [3.8, 4) is 0 Å². The Balaban J connectivity index is 3.17. The van der Waals surface area contributed by atoms with Crippen molar-refractivity contribution >= 4 is 23.7 Å². The molecule has 0 aromatic rings. The van der Waals surface area contributed by atoms with Gasteiger partial charge in [-0.15, -0.1) is 0 Å². The lowest BCUT2D eigenvalue weighted by atomic mass is 10.0. The Kier molecular flexibility index (Phi) is 17.6. The zero-order valence-electron chi connectivity index (χ0n) is 16.3. The fraction of sp³-hybridized carbons (Fsp3) is 0.900. The second-order valence-electron chi connectivity index (χ2n) is 7.09. The Morgan fingerprint density at radius 3 is 1.92 bits per heavy atom. The van der Waals surface area contributed by atoms with Gasteiger partial charge in [-0.1, -0.05) is 71.6 Å². The van der Waals surface area contributed by atoms with Crippen LogP contribution in [0.4, 0.5) is 0 Å². The van der Waals surface area contributed by atoms with Crippen molar-refractivity contribution in [3.63, 3.8) is 0 Å². The zero-order valence-corrected chi connectivity index (χ0v) is 17.1. The average Bonchev–Trinajstić information content (AvgIpc) is 2.55. The minimum absolute atomic E-state index is 0.150. The maximum Gasteiger partial charge on any atom is 0.306 e. The van der Waals surface area contributed by atoms with Gasteiger partial charge in [0.15, 0.2) is 0 Å². The van der Waals surface area contributed by atoms with Gasteiger partial charge in [0, 0.05) is 11.5 Å². The lowest BCUT2D eigenvalue weighted by Crippen LogP contribution is -2.07. The van der Waals surface area contributed by atoms with Crippen LogP contribution in [0.2, 0.25) is 0 Å². The van der Waals surface area contributed by atoms with E-state index < -0.39 is 5.97 Å². The Morgan fingerprint density at radius 1 is 0.840 bits per heavy atom. The Bertz CT molecular complexity index is 332. The molecule has 0 bridgehead atoms. The molecular weight excluding hydrogens is 336 g/mol. The Morgan fingerprint density at radius 2 is 1.36 bits per heavy atom. The number of hydrogen-bond acceptors (Lipinski definition) is 4. The van der Waals surface area contributed by atoms with E-state index in [-0.39, 0.29) is 12.4 Å². The van der Waals surface area contributed by atoms with E-state index in [1.807, 2.05) is 0 Å². The maximum absolute atomic E-state index is 11.5. The highest BCUT2D eigenvalue weighted by molar-refractivity contribution is 7.99. The summed E-state index contributed by atoms with van der Waals surface area (Å²) in [5, 5.41) is 8.50. The summed E-state index contributed by atoms with van der Waals surface area (Å²) in [6.45, 7) is 5.10. The quantitative estimate of drug-likeness (QED) is 0.247. The summed E-state index contributed by atoms with van der Waals surface area (Å²) >= 11 is 1.49. The molecule has 0 spiro atoms. The molecule has 0 aliphatic carbocycles. The molecule has 0 aliphatic rings. The molecule has 0 aliphatic heterocycles. The first kappa shape index (κ1) is 24.3. The summed E-state index contributed by atoms with van der Waals surface area (Å²) < 4.78 is 5.19. The molecule has 0 amide bonds. The monoisotopic (exact) mass is 374 g/mol. The summed E-state index contributed by atoms with van der Waals surface area (Å²) in [7, 11) is 0. The lowest BCUT2D eigenvalue weighted by Gasteiger charge is -2.06.